The Labute approximate surface area is 243 Å². The molecule has 8 heteroatoms. The summed E-state index contributed by atoms with van der Waals surface area (Å²) in [6.07, 6.45) is 10.9. The number of aromatic nitrogens is 1. The van der Waals surface area contributed by atoms with Crippen molar-refractivity contribution in [3.63, 3.8) is 0 Å². The molecule has 34 heavy (non-hydrogen) atoms. The predicted molar refractivity (Wildman–Crippen MR) is 162 cm³/mol. The normalized spacial score (nSPS) is 12.7. The van der Waals surface area contributed by atoms with Crippen LogP contribution in [0, 0.1) is 0 Å². The third-order valence-corrected chi connectivity index (χ3v) is 8.14. The SMILES string of the molecule is O=C(/C=C(\O)C(Br)(Br)Br)CCCCCCCCCCn1c2ccc(Br)cc2c2cc(Br)ccc21. The Morgan fingerprint density at radius 3 is 1.76 bits per heavy atom. The zero-order chi connectivity index (χ0) is 24.7. The molecule has 0 fully saturated rings. The van der Waals surface area contributed by atoms with Gasteiger partial charge in [-0.05, 0) is 49.2 Å². The lowest BCUT2D eigenvalue weighted by molar-refractivity contribution is -0.114. The molecule has 0 aliphatic rings. The Kier molecular flexibility index (Phi) is 11.2. The van der Waals surface area contributed by atoms with Crippen molar-refractivity contribution in [2.75, 3.05) is 0 Å². The van der Waals surface area contributed by atoms with Gasteiger partial charge in [0.1, 0.15) is 5.76 Å². The van der Waals surface area contributed by atoms with E-state index in [4.69, 9.17) is 0 Å². The number of aliphatic hydroxyl groups excluding tert-OH is 1. The lowest BCUT2D eigenvalue weighted by atomic mass is 10.1. The molecule has 0 saturated carbocycles. The van der Waals surface area contributed by atoms with Gasteiger partial charge < -0.3 is 9.67 Å². The number of alkyl halides is 3. The molecule has 0 spiro atoms. The first kappa shape index (κ1) is 28.4. The first-order valence-electron chi connectivity index (χ1n) is 11.5. The average Bonchev–Trinajstić information content (AvgIpc) is 3.06. The number of aliphatic hydroxyl groups is 1. The largest absolute Gasteiger partial charge is 0.509 e. The maximum absolute atomic E-state index is 11.9. The van der Waals surface area contributed by atoms with E-state index < -0.39 is 2.14 Å². The van der Waals surface area contributed by atoms with Gasteiger partial charge in [0.05, 0.1) is 0 Å². The summed E-state index contributed by atoms with van der Waals surface area (Å²) in [5, 5.41) is 12.4. The maximum atomic E-state index is 11.9. The van der Waals surface area contributed by atoms with Crippen molar-refractivity contribution in [2.45, 2.75) is 66.5 Å². The molecule has 0 aliphatic carbocycles. The summed E-state index contributed by atoms with van der Waals surface area (Å²) in [5.74, 6) is -0.121. The number of aryl methyl sites for hydroxylation is 1. The molecule has 1 heterocycles. The second-order valence-corrected chi connectivity index (χ2v) is 17.1. The molecule has 184 valence electrons. The van der Waals surface area contributed by atoms with Crippen LogP contribution in [0.5, 0.6) is 0 Å². The fourth-order valence-electron chi connectivity index (χ4n) is 4.23. The first-order valence-corrected chi connectivity index (χ1v) is 15.5. The van der Waals surface area contributed by atoms with Crippen LogP contribution in [0.25, 0.3) is 21.8 Å². The van der Waals surface area contributed by atoms with Gasteiger partial charge in [-0.2, -0.15) is 0 Å². The Balaban J connectivity index is 1.36. The summed E-state index contributed by atoms with van der Waals surface area (Å²) < 4.78 is 3.75. The van der Waals surface area contributed by atoms with Crippen LogP contribution in [0.15, 0.2) is 57.2 Å². The summed E-state index contributed by atoms with van der Waals surface area (Å²) in [6, 6.07) is 13.1. The molecule has 0 radical (unpaired) electrons. The third-order valence-electron chi connectivity index (χ3n) is 5.93. The lowest BCUT2D eigenvalue weighted by Gasteiger charge is -2.10. The number of benzene rings is 2. The number of ketones is 1. The van der Waals surface area contributed by atoms with Gasteiger partial charge >= 0.3 is 0 Å². The topological polar surface area (TPSA) is 42.2 Å². The minimum Gasteiger partial charge on any atom is -0.509 e. The third kappa shape index (κ3) is 8.19. The molecule has 0 bridgehead atoms. The molecule has 3 nitrogen and oxygen atoms in total. The Bertz CT molecular complexity index is 1100. The second-order valence-electron chi connectivity index (χ2n) is 8.55. The van der Waals surface area contributed by atoms with E-state index in [1.165, 1.54) is 60.0 Å². The van der Waals surface area contributed by atoms with Crippen molar-refractivity contribution >= 4 is 107 Å². The molecule has 0 unspecified atom stereocenters. The molecule has 1 aromatic heterocycles. The standard InChI is InChI=1S/C26H28Br5NO2/c27-18-10-12-23-21(15-18)22-16-19(28)11-13-24(22)32(23)14-8-6-4-2-1-3-5-7-9-20(33)17-25(34)26(29,30)31/h10-13,15-17,34H,1-9,14H2/b25-17-. The van der Waals surface area contributed by atoms with E-state index in [-0.39, 0.29) is 11.5 Å². The highest BCUT2D eigenvalue weighted by molar-refractivity contribution is 9.39. The summed E-state index contributed by atoms with van der Waals surface area (Å²) in [4.78, 5) is 11.9. The van der Waals surface area contributed by atoms with Crippen LogP contribution in [-0.2, 0) is 11.3 Å². The van der Waals surface area contributed by atoms with Crippen molar-refractivity contribution in [3.05, 3.63) is 57.2 Å². The van der Waals surface area contributed by atoms with Crippen molar-refractivity contribution < 1.29 is 9.90 Å². The van der Waals surface area contributed by atoms with Crippen molar-refractivity contribution in [1.82, 2.24) is 4.57 Å². The van der Waals surface area contributed by atoms with Crippen LogP contribution in [0.3, 0.4) is 0 Å². The molecular weight excluding hydrogens is 758 g/mol. The summed E-state index contributed by atoms with van der Waals surface area (Å²) in [6.45, 7) is 1.03. The number of carbonyl (C=O) groups is 1. The number of nitrogens with zero attached hydrogens (tertiary/aromatic N) is 1. The van der Waals surface area contributed by atoms with Gasteiger partial charge in [0, 0.05) is 49.8 Å². The number of halogens is 5. The van der Waals surface area contributed by atoms with Gasteiger partial charge in [0.2, 0.25) is 0 Å². The Morgan fingerprint density at radius 1 is 0.794 bits per heavy atom. The molecule has 0 saturated heterocycles. The second kappa shape index (κ2) is 13.4. The van der Waals surface area contributed by atoms with E-state index in [9.17, 15) is 9.90 Å². The van der Waals surface area contributed by atoms with Gasteiger partial charge in [-0.3, -0.25) is 4.79 Å². The summed E-state index contributed by atoms with van der Waals surface area (Å²) in [5.41, 5.74) is 2.59. The van der Waals surface area contributed by atoms with E-state index in [1.54, 1.807) is 0 Å². The fourth-order valence-corrected chi connectivity index (χ4v) is 5.29. The van der Waals surface area contributed by atoms with E-state index in [0.717, 1.165) is 34.8 Å². The van der Waals surface area contributed by atoms with E-state index in [0.29, 0.717) is 6.42 Å². The average molecular weight is 786 g/mol. The van der Waals surface area contributed by atoms with Gasteiger partial charge in [-0.1, -0.05) is 118 Å². The number of allylic oxidation sites excluding steroid dienone is 2. The molecule has 3 aromatic rings. The van der Waals surface area contributed by atoms with Gasteiger partial charge in [-0.25, -0.2) is 0 Å². The van der Waals surface area contributed by atoms with Crippen LogP contribution < -0.4 is 0 Å². The highest BCUT2D eigenvalue weighted by Gasteiger charge is 2.24. The molecular formula is C26H28Br5NO2. The van der Waals surface area contributed by atoms with E-state index >= 15 is 0 Å². The zero-order valence-electron chi connectivity index (χ0n) is 18.8. The minimum absolute atomic E-state index is 0.0509. The number of hydrogen-bond acceptors (Lipinski definition) is 2. The Hall–Kier alpha value is -0.150. The molecule has 0 atom stereocenters. The molecule has 3 rings (SSSR count). The van der Waals surface area contributed by atoms with Gasteiger partial charge in [-0.15, -0.1) is 0 Å². The van der Waals surface area contributed by atoms with E-state index in [1.807, 2.05) is 0 Å². The zero-order valence-corrected chi connectivity index (χ0v) is 26.7. The number of carbonyl (C=O) groups excluding carboxylic acids is 1. The number of unbranched alkanes of at least 4 members (excludes halogenated alkanes) is 7. The van der Waals surface area contributed by atoms with Crippen LogP contribution in [0.2, 0.25) is 0 Å². The number of fused-ring (bicyclic) bond motifs is 3. The van der Waals surface area contributed by atoms with Crippen LogP contribution in [-0.4, -0.2) is 17.6 Å². The molecule has 2 aromatic carbocycles. The maximum Gasteiger partial charge on any atom is 0.191 e. The first-order chi connectivity index (χ1) is 16.2. The summed E-state index contributed by atoms with van der Waals surface area (Å²) >= 11 is 16.8. The Morgan fingerprint density at radius 2 is 1.26 bits per heavy atom. The van der Waals surface area contributed by atoms with E-state index in [2.05, 4.69) is 121 Å². The molecule has 0 amide bonds. The van der Waals surface area contributed by atoms with Gasteiger partial charge in [0.15, 0.2) is 7.93 Å². The van der Waals surface area contributed by atoms with Crippen molar-refractivity contribution in [1.29, 1.82) is 0 Å². The van der Waals surface area contributed by atoms with Crippen molar-refractivity contribution in [3.8, 4) is 0 Å². The highest BCUT2D eigenvalue weighted by atomic mass is 80.0. The molecule has 1 N–H and O–H groups in total. The number of rotatable bonds is 12. The lowest BCUT2D eigenvalue weighted by Crippen LogP contribution is -2.06. The predicted octanol–water partition coefficient (Wildman–Crippen LogP) is 10.7. The van der Waals surface area contributed by atoms with Crippen LogP contribution in [0.1, 0.15) is 57.8 Å². The fraction of sp³-hybridized carbons (Fsp3) is 0.423. The smallest absolute Gasteiger partial charge is 0.191 e. The summed E-state index contributed by atoms with van der Waals surface area (Å²) in [7, 11) is 0. The quantitative estimate of drug-likeness (QED) is 0.0860. The van der Waals surface area contributed by atoms with Crippen LogP contribution >= 0.6 is 79.6 Å². The van der Waals surface area contributed by atoms with Crippen molar-refractivity contribution in [2.24, 2.45) is 0 Å². The number of hydrogen-bond donors (Lipinski definition) is 1. The van der Waals surface area contributed by atoms with Gasteiger partial charge in [0.25, 0.3) is 0 Å². The monoisotopic (exact) mass is 781 g/mol. The molecule has 0 aliphatic heterocycles. The highest BCUT2D eigenvalue weighted by Crippen LogP contribution is 2.39. The minimum atomic E-state index is -0.918. The van der Waals surface area contributed by atoms with Crippen LogP contribution in [0.4, 0.5) is 0 Å².